The van der Waals surface area contributed by atoms with Crippen molar-refractivity contribution in [1.82, 2.24) is 10.3 Å². The van der Waals surface area contributed by atoms with Gasteiger partial charge in [0.2, 0.25) is 0 Å². The molecule has 0 radical (unpaired) electrons. The molecule has 0 bridgehead atoms. The Kier molecular flexibility index (Phi) is 3.80. The smallest absolute Gasteiger partial charge is 0.0362 e. The fourth-order valence-electron chi connectivity index (χ4n) is 1.63. The fourth-order valence-corrected chi connectivity index (χ4v) is 2.05. The van der Waals surface area contributed by atoms with Crippen LogP contribution < -0.4 is 5.32 Å². The molecule has 0 fully saturated rings. The first kappa shape index (κ1) is 11.4. The van der Waals surface area contributed by atoms with Crippen LogP contribution in [0.5, 0.6) is 0 Å². The van der Waals surface area contributed by atoms with Gasteiger partial charge in [-0.2, -0.15) is 0 Å². The number of aromatic amines is 1. The van der Waals surface area contributed by atoms with Gasteiger partial charge < -0.3 is 10.3 Å². The summed E-state index contributed by atoms with van der Waals surface area (Å²) in [5.74, 6) is 0. The van der Waals surface area contributed by atoms with Crippen LogP contribution in [0.2, 0.25) is 0 Å². The minimum absolute atomic E-state index is 0.348. The minimum atomic E-state index is 0.348. The summed E-state index contributed by atoms with van der Waals surface area (Å²) in [6.07, 6.45) is 1.95. The molecule has 1 heterocycles. The van der Waals surface area contributed by atoms with Crippen molar-refractivity contribution in [3.05, 3.63) is 58.3 Å². The van der Waals surface area contributed by atoms with E-state index < -0.39 is 0 Å². The van der Waals surface area contributed by atoms with Crippen molar-refractivity contribution < 1.29 is 0 Å². The summed E-state index contributed by atoms with van der Waals surface area (Å²) in [5.41, 5.74) is 2.50. The Morgan fingerprint density at radius 2 is 2.19 bits per heavy atom. The number of nitrogens with one attached hydrogen (secondary N) is 2. The van der Waals surface area contributed by atoms with E-state index in [0.717, 1.165) is 11.0 Å². The van der Waals surface area contributed by atoms with Gasteiger partial charge in [-0.25, -0.2) is 0 Å². The van der Waals surface area contributed by atoms with Crippen LogP contribution >= 0.6 is 15.9 Å². The van der Waals surface area contributed by atoms with Gasteiger partial charge in [-0.05, 0) is 36.8 Å². The topological polar surface area (TPSA) is 27.8 Å². The van der Waals surface area contributed by atoms with E-state index in [1.165, 1.54) is 11.3 Å². The highest BCUT2D eigenvalue weighted by molar-refractivity contribution is 9.10. The second-order valence-corrected chi connectivity index (χ2v) is 4.77. The van der Waals surface area contributed by atoms with Crippen molar-refractivity contribution in [1.29, 1.82) is 0 Å². The molecule has 2 rings (SSSR count). The van der Waals surface area contributed by atoms with E-state index >= 15 is 0 Å². The van der Waals surface area contributed by atoms with E-state index in [1.54, 1.807) is 0 Å². The Labute approximate surface area is 104 Å². The molecule has 2 aromatic rings. The lowest BCUT2D eigenvalue weighted by molar-refractivity contribution is 0.569. The third-order valence-electron chi connectivity index (χ3n) is 2.61. The molecule has 1 atom stereocenters. The maximum Gasteiger partial charge on any atom is 0.0362 e. The second kappa shape index (κ2) is 5.32. The summed E-state index contributed by atoms with van der Waals surface area (Å²) < 4.78 is 1.12. The lowest BCUT2D eigenvalue weighted by Crippen LogP contribution is -2.18. The molecule has 0 unspecified atom stereocenters. The van der Waals surface area contributed by atoms with Crippen molar-refractivity contribution in [2.45, 2.75) is 19.5 Å². The molecule has 1 aromatic heterocycles. The zero-order valence-corrected chi connectivity index (χ0v) is 10.8. The van der Waals surface area contributed by atoms with Gasteiger partial charge >= 0.3 is 0 Å². The van der Waals surface area contributed by atoms with Crippen LogP contribution in [-0.4, -0.2) is 4.98 Å². The zero-order chi connectivity index (χ0) is 11.4. The summed E-state index contributed by atoms with van der Waals surface area (Å²) in [4.78, 5) is 3.18. The Hall–Kier alpha value is -1.06. The van der Waals surface area contributed by atoms with Crippen LogP contribution in [0.25, 0.3) is 0 Å². The largest absolute Gasteiger partial charge is 0.364 e. The fraction of sp³-hybridized carbons (Fsp3) is 0.231. The third-order valence-corrected chi connectivity index (χ3v) is 3.10. The highest BCUT2D eigenvalue weighted by atomic mass is 79.9. The number of hydrogen-bond acceptors (Lipinski definition) is 1. The first-order valence-corrected chi connectivity index (χ1v) is 6.16. The number of rotatable bonds is 4. The predicted molar refractivity (Wildman–Crippen MR) is 70.2 cm³/mol. The molecule has 84 valence electrons. The van der Waals surface area contributed by atoms with Gasteiger partial charge in [-0.15, -0.1) is 0 Å². The van der Waals surface area contributed by atoms with E-state index in [0.29, 0.717) is 6.04 Å². The van der Waals surface area contributed by atoms with Crippen LogP contribution in [0.4, 0.5) is 0 Å². The van der Waals surface area contributed by atoms with Gasteiger partial charge in [0, 0.05) is 29.0 Å². The zero-order valence-electron chi connectivity index (χ0n) is 9.20. The maximum atomic E-state index is 3.49. The van der Waals surface area contributed by atoms with Crippen LogP contribution in [0.15, 0.2) is 47.1 Å². The van der Waals surface area contributed by atoms with Crippen molar-refractivity contribution in [3.8, 4) is 0 Å². The molecule has 0 saturated heterocycles. The summed E-state index contributed by atoms with van der Waals surface area (Å²) >= 11 is 3.49. The highest BCUT2D eigenvalue weighted by Crippen LogP contribution is 2.18. The van der Waals surface area contributed by atoms with Crippen LogP contribution in [0, 0.1) is 0 Å². The van der Waals surface area contributed by atoms with E-state index in [-0.39, 0.29) is 0 Å². The molecule has 2 nitrogen and oxygen atoms in total. The van der Waals surface area contributed by atoms with Gasteiger partial charge in [0.25, 0.3) is 0 Å². The van der Waals surface area contributed by atoms with Crippen molar-refractivity contribution in [2.24, 2.45) is 0 Å². The maximum absolute atomic E-state index is 3.49. The molecule has 1 aromatic carbocycles. The lowest BCUT2D eigenvalue weighted by atomic mass is 10.1. The second-order valence-electron chi connectivity index (χ2n) is 3.85. The number of hydrogen-bond donors (Lipinski definition) is 2. The first-order valence-electron chi connectivity index (χ1n) is 5.37. The van der Waals surface area contributed by atoms with Gasteiger partial charge in [-0.3, -0.25) is 0 Å². The number of H-pyrrole nitrogens is 1. The van der Waals surface area contributed by atoms with Gasteiger partial charge in [0.15, 0.2) is 0 Å². The molecule has 0 saturated carbocycles. The number of halogens is 1. The van der Waals surface area contributed by atoms with Crippen LogP contribution in [0.1, 0.15) is 24.2 Å². The number of aromatic nitrogens is 1. The average Bonchev–Trinajstić information content (AvgIpc) is 2.78. The van der Waals surface area contributed by atoms with Gasteiger partial charge in [-0.1, -0.05) is 28.1 Å². The summed E-state index contributed by atoms with van der Waals surface area (Å²) in [5, 5.41) is 3.48. The Morgan fingerprint density at radius 1 is 1.31 bits per heavy atom. The molecule has 0 aliphatic rings. The van der Waals surface area contributed by atoms with Gasteiger partial charge in [0.05, 0.1) is 0 Å². The molecule has 2 N–H and O–H groups in total. The third kappa shape index (κ3) is 2.97. The molecule has 0 spiro atoms. The summed E-state index contributed by atoms with van der Waals surface area (Å²) in [6, 6.07) is 12.8. The first-order chi connectivity index (χ1) is 7.75. The monoisotopic (exact) mass is 278 g/mol. The minimum Gasteiger partial charge on any atom is -0.364 e. The molecule has 0 amide bonds. The molecule has 3 heteroatoms. The SMILES string of the molecule is C[C@@H](NCc1ccc[nH]1)c1cccc(Br)c1. The van der Waals surface area contributed by atoms with Crippen molar-refractivity contribution in [3.63, 3.8) is 0 Å². The predicted octanol–water partition coefficient (Wildman–Crippen LogP) is 3.63. The van der Waals surface area contributed by atoms with E-state index in [4.69, 9.17) is 0 Å². The van der Waals surface area contributed by atoms with E-state index in [9.17, 15) is 0 Å². The van der Waals surface area contributed by atoms with Gasteiger partial charge in [0.1, 0.15) is 0 Å². The Balaban J connectivity index is 1.95. The molecule has 0 aliphatic carbocycles. The highest BCUT2D eigenvalue weighted by Gasteiger charge is 2.04. The molecular weight excluding hydrogens is 264 g/mol. The Bertz CT molecular complexity index is 437. The summed E-state index contributed by atoms with van der Waals surface area (Å²) in [6.45, 7) is 3.03. The number of benzene rings is 1. The van der Waals surface area contributed by atoms with Crippen molar-refractivity contribution >= 4 is 15.9 Å². The normalized spacial score (nSPS) is 12.6. The summed E-state index contributed by atoms with van der Waals surface area (Å²) in [7, 11) is 0. The standard InChI is InChI=1S/C13H15BrN2/c1-10(11-4-2-5-12(14)8-11)16-9-13-6-3-7-15-13/h2-8,10,15-16H,9H2,1H3/t10-/m1/s1. The molecule has 16 heavy (non-hydrogen) atoms. The molecule has 0 aliphatic heterocycles. The van der Waals surface area contributed by atoms with E-state index in [1.807, 2.05) is 18.3 Å². The molecular formula is C13H15BrN2. The average molecular weight is 279 g/mol. The quantitative estimate of drug-likeness (QED) is 0.878. The van der Waals surface area contributed by atoms with Crippen LogP contribution in [0.3, 0.4) is 0 Å². The van der Waals surface area contributed by atoms with E-state index in [2.05, 4.69) is 57.4 Å². The van der Waals surface area contributed by atoms with Crippen LogP contribution in [-0.2, 0) is 6.54 Å². The van der Waals surface area contributed by atoms with Crippen molar-refractivity contribution in [2.75, 3.05) is 0 Å². The lowest BCUT2D eigenvalue weighted by Gasteiger charge is -2.13. The Morgan fingerprint density at radius 3 is 2.88 bits per heavy atom.